The fraction of sp³-hybridized carbons (Fsp3) is 0.273. The summed E-state index contributed by atoms with van der Waals surface area (Å²) >= 11 is 4.26. The van der Waals surface area contributed by atoms with E-state index in [1.807, 2.05) is 0 Å². The number of hydrogen-bond acceptors (Lipinski definition) is 3. The predicted octanol–water partition coefficient (Wildman–Crippen LogP) is 4.23. The summed E-state index contributed by atoms with van der Waals surface area (Å²) in [5, 5.41) is 5.12. The monoisotopic (exact) mass is 352 g/mol. The number of aromatic nitrogens is 2. The Labute approximate surface area is 119 Å². The van der Waals surface area contributed by atoms with Gasteiger partial charge in [0.1, 0.15) is 0 Å². The smallest absolute Gasteiger partial charge is 0.297 e. The number of thiophene rings is 1. The first-order valence-electron chi connectivity index (χ1n) is 5.25. The van der Waals surface area contributed by atoms with Crippen molar-refractivity contribution in [1.82, 2.24) is 9.78 Å². The highest BCUT2D eigenvalue weighted by atomic mass is 79.9. The van der Waals surface area contributed by atoms with Crippen LogP contribution in [0.25, 0.3) is 11.1 Å². The van der Waals surface area contributed by atoms with Crippen molar-refractivity contribution in [1.29, 1.82) is 0 Å². The molecule has 0 fully saturated rings. The molecule has 0 aromatic carbocycles. The molecule has 0 radical (unpaired) electrons. The second-order valence-corrected chi connectivity index (χ2v) is 5.45. The van der Waals surface area contributed by atoms with Gasteiger partial charge in [-0.05, 0) is 22.9 Å². The molecule has 0 amide bonds. The predicted molar refractivity (Wildman–Crippen MR) is 69.3 cm³/mol. The molecular formula is C11H8BrF3N2OS. The second-order valence-electron chi connectivity index (χ2n) is 3.69. The SMILES string of the molecule is CCn1cc(-c2c(Br)csc2C=O)c(C(F)(F)F)n1. The molecule has 3 nitrogen and oxygen atoms in total. The molecule has 2 rings (SSSR count). The lowest BCUT2D eigenvalue weighted by atomic mass is 10.1. The number of nitrogens with zero attached hydrogens (tertiary/aromatic N) is 2. The van der Waals surface area contributed by atoms with Gasteiger partial charge in [-0.2, -0.15) is 18.3 Å². The third-order valence-corrected chi connectivity index (χ3v) is 4.34. The molecule has 0 atom stereocenters. The Hall–Kier alpha value is -1.15. The zero-order valence-corrected chi connectivity index (χ0v) is 12.1. The van der Waals surface area contributed by atoms with Crippen molar-refractivity contribution in [3.63, 3.8) is 0 Å². The number of alkyl halides is 3. The second kappa shape index (κ2) is 5.09. The van der Waals surface area contributed by atoms with E-state index in [9.17, 15) is 18.0 Å². The highest BCUT2D eigenvalue weighted by molar-refractivity contribution is 9.10. The van der Waals surface area contributed by atoms with Crippen LogP contribution in [0.2, 0.25) is 0 Å². The number of hydrogen-bond donors (Lipinski definition) is 0. The van der Waals surface area contributed by atoms with Gasteiger partial charge in [-0.1, -0.05) is 0 Å². The van der Waals surface area contributed by atoms with Crippen molar-refractivity contribution >= 4 is 33.6 Å². The number of halogens is 4. The number of aryl methyl sites for hydroxylation is 1. The minimum Gasteiger partial charge on any atom is -0.297 e. The van der Waals surface area contributed by atoms with Crippen molar-refractivity contribution < 1.29 is 18.0 Å². The Balaban J connectivity index is 2.70. The van der Waals surface area contributed by atoms with Gasteiger partial charge in [-0.25, -0.2) is 0 Å². The standard InChI is InChI=1S/C11H8BrF3N2OS/c1-2-17-3-6(10(16-17)11(13,14)15)9-7(12)5-19-8(9)4-18/h3-5H,2H2,1H3. The molecule has 0 unspecified atom stereocenters. The molecule has 0 saturated heterocycles. The molecule has 0 aliphatic rings. The largest absolute Gasteiger partial charge is 0.435 e. The van der Waals surface area contributed by atoms with Crippen LogP contribution in [0.15, 0.2) is 16.0 Å². The minimum absolute atomic E-state index is 0.0791. The van der Waals surface area contributed by atoms with Crippen LogP contribution in [0.4, 0.5) is 13.2 Å². The first-order valence-corrected chi connectivity index (χ1v) is 6.93. The zero-order chi connectivity index (χ0) is 14.2. The highest BCUT2D eigenvalue weighted by Crippen LogP contribution is 2.42. The van der Waals surface area contributed by atoms with E-state index in [0.717, 1.165) is 11.3 Å². The molecule has 19 heavy (non-hydrogen) atoms. The quantitative estimate of drug-likeness (QED) is 0.775. The lowest BCUT2D eigenvalue weighted by Crippen LogP contribution is -2.09. The van der Waals surface area contributed by atoms with E-state index in [-0.39, 0.29) is 16.0 Å². The first-order chi connectivity index (χ1) is 8.88. The van der Waals surface area contributed by atoms with Crippen LogP contribution in [0.1, 0.15) is 22.3 Å². The van der Waals surface area contributed by atoms with Crippen molar-refractivity contribution in [3.8, 4) is 11.1 Å². The maximum atomic E-state index is 13.0. The molecule has 0 aliphatic heterocycles. The summed E-state index contributed by atoms with van der Waals surface area (Å²) in [6.07, 6.45) is -2.70. The van der Waals surface area contributed by atoms with Gasteiger partial charge in [0, 0.05) is 33.7 Å². The van der Waals surface area contributed by atoms with Crippen molar-refractivity contribution in [2.75, 3.05) is 0 Å². The maximum Gasteiger partial charge on any atom is 0.435 e. The van der Waals surface area contributed by atoms with Crippen LogP contribution in [-0.4, -0.2) is 16.1 Å². The van der Waals surface area contributed by atoms with Gasteiger partial charge in [-0.15, -0.1) is 11.3 Å². The minimum atomic E-state index is -4.56. The summed E-state index contributed by atoms with van der Waals surface area (Å²) in [6, 6.07) is 0. The lowest BCUT2D eigenvalue weighted by molar-refractivity contribution is -0.141. The van der Waals surface area contributed by atoms with E-state index in [1.54, 1.807) is 12.3 Å². The first kappa shape index (κ1) is 14.3. The summed E-state index contributed by atoms with van der Waals surface area (Å²) < 4.78 is 40.6. The van der Waals surface area contributed by atoms with Crippen molar-refractivity contribution in [2.24, 2.45) is 0 Å². The number of carbonyl (C=O) groups is 1. The molecule has 2 heterocycles. The summed E-state index contributed by atoms with van der Waals surface area (Å²) in [5.74, 6) is 0. The van der Waals surface area contributed by atoms with Gasteiger partial charge in [0.25, 0.3) is 0 Å². The van der Waals surface area contributed by atoms with E-state index in [2.05, 4.69) is 21.0 Å². The molecule has 0 spiro atoms. The Morgan fingerprint density at radius 2 is 2.21 bits per heavy atom. The molecule has 102 valence electrons. The van der Waals surface area contributed by atoms with Gasteiger partial charge in [-0.3, -0.25) is 9.48 Å². The zero-order valence-electron chi connectivity index (χ0n) is 9.66. The van der Waals surface area contributed by atoms with Crippen LogP contribution >= 0.6 is 27.3 Å². The van der Waals surface area contributed by atoms with Crippen molar-refractivity contribution in [2.45, 2.75) is 19.6 Å². The molecule has 2 aromatic heterocycles. The topological polar surface area (TPSA) is 34.9 Å². The summed E-state index contributed by atoms with van der Waals surface area (Å²) in [4.78, 5) is 11.2. The van der Waals surface area contributed by atoms with Gasteiger partial charge in [0.05, 0.1) is 4.88 Å². The van der Waals surface area contributed by atoms with Crippen molar-refractivity contribution in [3.05, 3.63) is 26.6 Å². The van der Waals surface area contributed by atoms with Crippen LogP contribution in [0, 0.1) is 0 Å². The summed E-state index contributed by atoms with van der Waals surface area (Å²) in [6.45, 7) is 2.02. The molecule has 0 saturated carbocycles. The van der Waals surface area contributed by atoms with Gasteiger partial charge >= 0.3 is 6.18 Å². The van der Waals surface area contributed by atoms with Gasteiger partial charge in [0.15, 0.2) is 12.0 Å². The van der Waals surface area contributed by atoms with E-state index in [1.165, 1.54) is 10.9 Å². The maximum absolute atomic E-state index is 13.0. The van der Waals surface area contributed by atoms with E-state index in [4.69, 9.17) is 0 Å². The Kier molecular flexibility index (Phi) is 3.82. The Morgan fingerprint density at radius 3 is 2.74 bits per heavy atom. The van der Waals surface area contributed by atoms with Gasteiger partial charge < -0.3 is 0 Å². The Morgan fingerprint density at radius 1 is 1.53 bits per heavy atom. The molecule has 0 aliphatic carbocycles. The molecule has 8 heteroatoms. The number of carbonyl (C=O) groups excluding carboxylic acids is 1. The molecular weight excluding hydrogens is 345 g/mol. The van der Waals surface area contributed by atoms with Crippen LogP contribution in [0.5, 0.6) is 0 Å². The number of rotatable bonds is 3. The van der Waals surface area contributed by atoms with E-state index >= 15 is 0 Å². The molecule has 0 bridgehead atoms. The fourth-order valence-electron chi connectivity index (χ4n) is 1.67. The fourth-order valence-corrected chi connectivity index (χ4v) is 3.25. The lowest BCUT2D eigenvalue weighted by Gasteiger charge is -2.06. The highest BCUT2D eigenvalue weighted by Gasteiger charge is 2.38. The normalized spacial score (nSPS) is 11.8. The van der Waals surface area contributed by atoms with Gasteiger partial charge in [0.2, 0.25) is 0 Å². The summed E-state index contributed by atoms with van der Waals surface area (Å²) in [7, 11) is 0. The number of aldehydes is 1. The average molecular weight is 353 g/mol. The van der Waals surface area contributed by atoms with Crippen LogP contribution < -0.4 is 0 Å². The van der Waals surface area contributed by atoms with E-state index < -0.39 is 11.9 Å². The Bertz CT molecular complexity index is 618. The summed E-state index contributed by atoms with van der Waals surface area (Å²) in [5.41, 5.74) is -0.812. The van der Waals surface area contributed by atoms with E-state index in [0.29, 0.717) is 17.3 Å². The average Bonchev–Trinajstić information content (AvgIpc) is 2.90. The van der Waals surface area contributed by atoms with Crippen LogP contribution in [0.3, 0.4) is 0 Å². The third kappa shape index (κ3) is 2.59. The molecule has 0 N–H and O–H groups in total. The third-order valence-electron chi connectivity index (χ3n) is 2.51. The molecule has 2 aromatic rings. The van der Waals surface area contributed by atoms with Crippen LogP contribution in [-0.2, 0) is 12.7 Å².